The van der Waals surface area contributed by atoms with Crippen molar-refractivity contribution in [3.05, 3.63) is 42.2 Å². The van der Waals surface area contributed by atoms with E-state index in [9.17, 15) is 4.79 Å². The highest BCUT2D eigenvalue weighted by molar-refractivity contribution is 5.93. The summed E-state index contributed by atoms with van der Waals surface area (Å²) >= 11 is 0. The van der Waals surface area contributed by atoms with Crippen LogP contribution in [0.15, 0.2) is 36.7 Å². The van der Waals surface area contributed by atoms with Gasteiger partial charge in [-0.3, -0.25) is 19.7 Å². The quantitative estimate of drug-likeness (QED) is 0.849. The SMILES string of the molecule is NC(=O)c1ccnc(-c2ccc(OCCN3CCOCC3)cn2)c1. The van der Waals surface area contributed by atoms with Crippen LogP contribution in [-0.4, -0.2) is 60.2 Å². The molecule has 3 heterocycles. The van der Waals surface area contributed by atoms with Crippen LogP contribution in [0.2, 0.25) is 0 Å². The van der Waals surface area contributed by atoms with Crippen molar-refractivity contribution in [3.63, 3.8) is 0 Å². The van der Waals surface area contributed by atoms with E-state index in [1.807, 2.05) is 12.1 Å². The number of nitrogens with two attached hydrogens (primary N) is 1. The van der Waals surface area contributed by atoms with Crippen molar-refractivity contribution in [2.24, 2.45) is 5.73 Å². The molecule has 0 aliphatic carbocycles. The summed E-state index contributed by atoms with van der Waals surface area (Å²) in [7, 11) is 0. The Morgan fingerprint density at radius 1 is 1.21 bits per heavy atom. The number of carbonyl (C=O) groups is 1. The number of rotatable bonds is 6. The van der Waals surface area contributed by atoms with Crippen molar-refractivity contribution < 1.29 is 14.3 Å². The maximum Gasteiger partial charge on any atom is 0.248 e. The predicted octanol–water partition coefficient (Wildman–Crippen LogP) is 0.953. The van der Waals surface area contributed by atoms with Crippen LogP contribution >= 0.6 is 0 Å². The zero-order valence-corrected chi connectivity index (χ0v) is 13.4. The lowest BCUT2D eigenvalue weighted by Crippen LogP contribution is -2.38. The number of nitrogens with zero attached hydrogens (tertiary/aromatic N) is 3. The van der Waals surface area contributed by atoms with E-state index in [0.717, 1.165) is 32.8 Å². The zero-order chi connectivity index (χ0) is 16.8. The molecule has 0 unspecified atom stereocenters. The molecule has 24 heavy (non-hydrogen) atoms. The molecule has 2 aromatic heterocycles. The van der Waals surface area contributed by atoms with Crippen molar-refractivity contribution in [1.82, 2.24) is 14.9 Å². The topological polar surface area (TPSA) is 90.6 Å². The molecule has 126 valence electrons. The van der Waals surface area contributed by atoms with Gasteiger partial charge in [0.1, 0.15) is 12.4 Å². The maximum atomic E-state index is 11.2. The molecule has 1 amide bonds. The number of hydrogen-bond donors (Lipinski definition) is 1. The Morgan fingerprint density at radius 2 is 2.04 bits per heavy atom. The lowest BCUT2D eigenvalue weighted by molar-refractivity contribution is 0.0322. The number of morpholine rings is 1. The second kappa shape index (κ2) is 7.85. The number of hydrogen-bond acceptors (Lipinski definition) is 6. The first-order valence-corrected chi connectivity index (χ1v) is 7.87. The fourth-order valence-electron chi connectivity index (χ4n) is 2.46. The van der Waals surface area contributed by atoms with Crippen LogP contribution in [-0.2, 0) is 4.74 Å². The fraction of sp³-hybridized carbons (Fsp3) is 0.353. The third-order valence-corrected chi connectivity index (χ3v) is 3.82. The Bertz CT molecular complexity index is 684. The Hall–Kier alpha value is -2.51. The van der Waals surface area contributed by atoms with Gasteiger partial charge in [0, 0.05) is 31.4 Å². The van der Waals surface area contributed by atoms with E-state index in [4.69, 9.17) is 15.2 Å². The zero-order valence-electron chi connectivity index (χ0n) is 13.4. The lowest BCUT2D eigenvalue weighted by Gasteiger charge is -2.26. The standard InChI is InChI=1S/C17H20N4O3/c18-17(22)13-3-4-19-16(11-13)15-2-1-14(12-20-15)24-10-7-21-5-8-23-9-6-21/h1-4,11-12H,5-10H2,(H2,18,22). The summed E-state index contributed by atoms with van der Waals surface area (Å²) in [5.74, 6) is 0.222. The molecule has 1 saturated heterocycles. The van der Waals surface area contributed by atoms with E-state index in [2.05, 4.69) is 14.9 Å². The van der Waals surface area contributed by atoms with Gasteiger partial charge in [0.2, 0.25) is 5.91 Å². The van der Waals surface area contributed by atoms with Crippen molar-refractivity contribution in [1.29, 1.82) is 0 Å². The summed E-state index contributed by atoms with van der Waals surface area (Å²) in [6, 6.07) is 6.87. The smallest absolute Gasteiger partial charge is 0.248 e. The molecular weight excluding hydrogens is 308 g/mol. The Morgan fingerprint density at radius 3 is 2.75 bits per heavy atom. The number of aromatic nitrogens is 2. The van der Waals surface area contributed by atoms with Crippen LogP contribution in [0.3, 0.4) is 0 Å². The van der Waals surface area contributed by atoms with E-state index < -0.39 is 5.91 Å². The molecule has 7 heteroatoms. The van der Waals surface area contributed by atoms with Gasteiger partial charge in [0.05, 0.1) is 30.8 Å². The van der Waals surface area contributed by atoms with E-state index in [0.29, 0.717) is 29.3 Å². The van der Waals surface area contributed by atoms with E-state index >= 15 is 0 Å². The van der Waals surface area contributed by atoms with Gasteiger partial charge in [0.15, 0.2) is 0 Å². The molecule has 1 aliphatic rings. The molecule has 0 atom stereocenters. The molecule has 2 N–H and O–H groups in total. The van der Waals surface area contributed by atoms with E-state index in [1.54, 1.807) is 24.5 Å². The summed E-state index contributed by atoms with van der Waals surface area (Å²) in [5, 5.41) is 0. The summed E-state index contributed by atoms with van der Waals surface area (Å²) in [4.78, 5) is 22.1. The Labute approximate surface area is 140 Å². The summed E-state index contributed by atoms with van der Waals surface area (Å²) in [6.07, 6.45) is 3.21. The average Bonchev–Trinajstić information content (AvgIpc) is 2.63. The normalized spacial score (nSPS) is 15.2. The molecule has 0 spiro atoms. The van der Waals surface area contributed by atoms with Crippen molar-refractivity contribution in [2.45, 2.75) is 0 Å². The molecule has 2 aromatic rings. The number of primary amides is 1. The van der Waals surface area contributed by atoms with Gasteiger partial charge < -0.3 is 15.2 Å². The van der Waals surface area contributed by atoms with Crippen molar-refractivity contribution in [2.75, 3.05) is 39.5 Å². The highest BCUT2D eigenvalue weighted by atomic mass is 16.5. The van der Waals surface area contributed by atoms with E-state index in [1.165, 1.54) is 0 Å². The summed E-state index contributed by atoms with van der Waals surface area (Å²) in [6.45, 7) is 4.94. The molecule has 1 aliphatic heterocycles. The predicted molar refractivity (Wildman–Crippen MR) is 88.7 cm³/mol. The van der Waals surface area contributed by atoms with Gasteiger partial charge in [0.25, 0.3) is 0 Å². The minimum atomic E-state index is -0.485. The van der Waals surface area contributed by atoms with Crippen LogP contribution in [0.5, 0.6) is 5.75 Å². The van der Waals surface area contributed by atoms with Gasteiger partial charge in [-0.25, -0.2) is 0 Å². The third kappa shape index (κ3) is 4.27. The largest absolute Gasteiger partial charge is 0.491 e. The number of amides is 1. The molecule has 0 aromatic carbocycles. The van der Waals surface area contributed by atoms with Gasteiger partial charge in [-0.2, -0.15) is 0 Å². The van der Waals surface area contributed by atoms with Crippen LogP contribution in [0.25, 0.3) is 11.4 Å². The van der Waals surface area contributed by atoms with Gasteiger partial charge in [-0.05, 0) is 24.3 Å². The molecule has 7 nitrogen and oxygen atoms in total. The minimum Gasteiger partial charge on any atom is -0.491 e. The third-order valence-electron chi connectivity index (χ3n) is 3.82. The average molecular weight is 328 g/mol. The van der Waals surface area contributed by atoms with E-state index in [-0.39, 0.29) is 0 Å². The second-order valence-corrected chi connectivity index (χ2v) is 5.48. The Kier molecular flexibility index (Phi) is 5.35. The van der Waals surface area contributed by atoms with Crippen LogP contribution in [0, 0.1) is 0 Å². The summed E-state index contributed by atoms with van der Waals surface area (Å²) < 4.78 is 11.0. The first-order chi connectivity index (χ1) is 11.7. The van der Waals surface area contributed by atoms with Crippen molar-refractivity contribution >= 4 is 5.91 Å². The highest BCUT2D eigenvalue weighted by Gasteiger charge is 2.10. The van der Waals surface area contributed by atoms with Crippen LogP contribution in [0.1, 0.15) is 10.4 Å². The monoisotopic (exact) mass is 328 g/mol. The number of ether oxygens (including phenoxy) is 2. The second-order valence-electron chi connectivity index (χ2n) is 5.48. The van der Waals surface area contributed by atoms with Crippen LogP contribution in [0.4, 0.5) is 0 Å². The molecule has 1 fully saturated rings. The first kappa shape index (κ1) is 16.4. The van der Waals surface area contributed by atoms with Gasteiger partial charge >= 0.3 is 0 Å². The fourth-order valence-corrected chi connectivity index (χ4v) is 2.46. The number of pyridine rings is 2. The van der Waals surface area contributed by atoms with Gasteiger partial charge in [-0.15, -0.1) is 0 Å². The minimum absolute atomic E-state index is 0.410. The molecule has 3 rings (SSSR count). The first-order valence-electron chi connectivity index (χ1n) is 7.87. The highest BCUT2D eigenvalue weighted by Crippen LogP contribution is 2.18. The lowest BCUT2D eigenvalue weighted by atomic mass is 10.2. The molecule has 0 radical (unpaired) electrons. The summed E-state index contributed by atoms with van der Waals surface area (Å²) in [5.41, 5.74) is 6.96. The maximum absolute atomic E-state index is 11.2. The molecule has 0 saturated carbocycles. The Balaban J connectivity index is 1.57. The van der Waals surface area contributed by atoms with Gasteiger partial charge in [-0.1, -0.05) is 0 Å². The van der Waals surface area contributed by atoms with Crippen LogP contribution < -0.4 is 10.5 Å². The number of carbonyl (C=O) groups excluding carboxylic acids is 1. The van der Waals surface area contributed by atoms with Crippen molar-refractivity contribution in [3.8, 4) is 17.1 Å². The molecular formula is C17H20N4O3. The molecule has 0 bridgehead atoms.